The number of likely N-dealkylation sites (tertiary alicyclic amines) is 1. The molecule has 2 aromatic heterocycles. The first kappa shape index (κ1) is 17.5. The van der Waals surface area contributed by atoms with Crippen molar-refractivity contribution in [1.82, 2.24) is 24.8 Å². The summed E-state index contributed by atoms with van der Waals surface area (Å²) in [5, 5.41) is 12.0. The summed E-state index contributed by atoms with van der Waals surface area (Å²) in [6.45, 7) is 2.95. The fourth-order valence-corrected chi connectivity index (χ4v) is 3.79. The van der Waals surface area contributed by atoms with Crippen molar-refractivity contribution < 1.29 is 0 Å². The van der Waals surface area contributed by atoms with Crippen LogP contribution in [0.25, 0.3) is 5.65 Å². The van der Waals surface area contributed by atoms with Crippen molar-refractivity contribution in [3.63, 3.8) is 0 Å². The van der Waals surface area contributed by atoms with E-state index in [2.05, 4.69) is 60.1 Å². The number of aryl methyl sites for hydroxylation is 1. The Labute approximate surface area is 159 Å². The number of pyridine rings is 1. The number of aliphatic imine (C=N–C) groups is 1. The summed E-state index contributed by atoms with van der Waals surface area (Å²) in [6, 6.07) is 16.8. The molecule has 0 saturated carbocycles. The van der Waals surface area contributed by atoms with Crippen LogP contribution in [0.4, 0.5) is 0 Å². The molecule has 6 nitrogen and oxygen atoms in total. The molecule has 6 heteroatoms. The van der Waals surface area contributed by atoms with E-state index in [9.17, 15) is 0 Å². The van der Waals surface area contributed by atoms with Gasteiger partial charge in [0.25, 0.3) is 0 Å². The average molecular weight is 362 g/mol. The molecular weight excluding hydrogens is 336 g/mol. The molecule has 0 spiro atoms. The lowest BCUT2D eigenvalue weighted by molar-refractivity contribution is 0.484. The van der Waals surface area contributed by atoms with Gasteiger partial charge in [-0.25, -0.2) is 0 Å². The van der Waals surface area contributed by atoms with Crippen LogP contribution < -0.4 is 5.32 Å². The normalized spacial score (nSPS) is 17.6. The first-order valence-electron chi connectivity index (χ1n) is 9.64. The van der Waals surface area contributed by atoms with Crippen LogP contribution in [0.2, 0.25) is 0 Å². The summed E-state index contributed by atoms with van der Waals surface area (Å²) in [6.07, 6.45) is 5.08. The summed E-state index contributed by atoms with van der Waals surface area (Å²) >= 11 is 0. The molecule has 1 aliphatic rings. The van der Waals surface area contributed by atoms with Crippen molar-refractivity contribution in [2.45, 2.75) is 25.2 Å². The van der Waals surface area contributed by atoms with Crippen molar-refractivity contribution in [3.05, 3.63) is 66.1 Å². The number of nitrogens with one attached hydrogen (secondary N) is 1. The maximum Gasteiger partial charge on any atom is 0.193 e. The van der Waals surface area contributed by atoms with E-state index in [-0.39, 0.29) is 0 Å². The molecule has 1 aliphatic heterocycles. The molecule has 0 radical (unpaired) electrons. The molecule has 3 aromatic rings. The Kier molecular flexibility index (Phi) is 5.32. The molecule has 3 heterocycles. The molecule has 1 aromatic carbocycles. The van der Waals surface area contributed by atoms with Crippen molar-refractivity contribution in [3.8, 4) is 0 Å². The van der Waals surface area contributed by atoms with E-state index in [0.29, 0.717) is 5.92 Å². The van der Waals surface area contributed by atoms with E-state index in [1.807, 2.05) is 31.4 Å². The first-order valence-corrected chi connectivity index (χ1v) is 9.64. The van der Waals surface area contributed by atoms with Crippen molar-refractivity contribution in [1.29, 1.82) is 0 Å². The molecule has 1 N–H and O–H groups in total. The van der Waals surface area contributed by atoms with Crippen LogP contribution in [0.5, 0.6) is 0 Å². The smallest absolute Gasteiger partial charge is 0.193 e. The fourth-order valence-electron chi connectivity index (χ4n) is 3.79. The second-order valence-electron chi connectivity index (χ2n) is 6.96. The number of hydrogen-bond donors (Lipinski definition) is 1. The molecule has 1 atom stereocenters. The van der Waals surface area contributed by atoms with Crippen LogP contribution in [0.1, 0.15) is 30.1 Å². The van der Waals surface area contributed by atoms with E-state index < -0.39 is 0 Å². The highest BCUT2D eigenvalue weighted by Gasteiger charge is 2.25. The third-order valence-corrected chi connectivity index (χ3v) is 5.22. The third kappa shape index (κ3) is 3.94. The van der Waals surface area contributed by atoms with E-state index >= 15 is 0 Å². The lowest BCUT2D eigenvalue weighted by atomic mass is 9.99. The Balaban J connectivity index is 1.27. The first-order chi connectivity index (χ1) is 13.3. The fraction of sp³-hybridized carbons (Fsp3) is 0.381. The van der Waals surface area contributed by atoms with Crippen molar-refractivity contribution in [2.75, 3.05) is 26.7 Å². The van der Waals surface area contributed by atoms with Gasteiger partial charge in [-0.1, -0.05) is 36.4 Å². The lowest BCUT2D eigenvalue weighted by Crippen LogP contribution is -2.40. The van der Waals surface area contributed by atoms with Gasteiger partial charge >= 0.3 is 0 Å². The Morgan fingerprint density at radius 1 is 1.15 bits per heavy atom. The average Bonchev–Trinajstić information content (AvgIpc) is 3.36. The SMILES string of the molecule is CN=C(NCCCc1nnc2ccccn12)N1CCC(c2ccccc2)C1. The second-order valence-corrected chi connectivity index (χ2v) is 6.96. The van der Waals surface area contributed by atoms with Gasteiger partial charge in [0.05, 0.1) is 0 Å². The molecule has 1 unspecified atom stereocenters. The quantitative estimate of drug-likeness (QED) is 0.431. The number of fused-ring (bicyclic) bond motifs is 1. The minimum atomic E-state index is 0.590. The topological polar surface area (TPSA) is 57.8 Å². The summed E-state index contributed by atoms with van der Waals surface area (Å²) in [5.74, 6) is 2.60. The zero-order valence-electron chi connectivity index (χ0n) is 15.8. The maximum atomic E-state index is 4.48. The van der Waals surface area contributed by atoms with E-state index in [4.69, 9.17) is 0 Å². The van der Waals surface area contributed by atoms with Crippen LogP contribution in [0, 0.1) is 0 Å². The summed E-state index contributed by atoms with van der Waals surface area (Å²) in [7, 11) is 1.87. The number of guanidine groups is 1. The summed E-state index contributed by atoms with van der Waals surface area (Å²) < 4.78 is 2.06. The molecule has 27 heavy (non-hydrogen) atoms. The van der Waals surface area contributed by atoms with Gasteiger partial charge in [-0.15, -0.1) is 10.2 Å². The zero-order chi connectivity index (χ0) is 18.5. The predicted octanol–water partition coefficient (Wildman–Crippen LogP) is 2.73. The highest BCUT2D eigenvalue weighted by Crippen LogP contribution is 2.26. The van der Waals surface area contributed by atoms with Crippen molar-refractivity contribution in [2.24, 2.45) is 4.99 Å². The minimum Gasteiger partial charge on any atom is -0.356 e. The predicted molar refractivity (Wildman–Crippen MR) is 108 cm³/mol. The molecule has 1 saturated heterocycles. The highest BCUT2D eigenvalue weighted by atomic mass is 15.3. The molecule has 0 aliphatic carbocycles. The molecule has 140 valence electrons. The standard InChI is InChI=1S/C21H26N6/c1-22-21(26-15-12-18(16-26)17-8-3-2-4-9-17)23-13-7-11-20-25-24-19-10-5-6-14-27(19)20/h2-6,8-10,14,18H,7,11-13,15-16H2,1H3,(H,22,23). The molecule has 4 rings (SSSR count). The summed E-state index contributed by atoms with van der Waals surface area (Å²) in [4.78, 5) is 6.85. The Bertz CT molecular complexity index is 901. The molecule has 1 fully saturated rings. The molecular formula is C21H26N6. The van der Waals surface area contributed by atoms with Gasteiger partial charge in [0.1, 0.15) is 5.82 Å². The van der Waals surface area contributed by atoms with Gasteiger partial charge in [-0.05, 0) is 30.5 Å². The van der Waals surface area contributed by atoms with Gasteiger partial charge in [0, 0.05) is 45.2 Å². The lowest BCUT2D eigenvalue weighted by Gasteiger charge is -2.21. The maximum absolute atomic E-state index is 4.48. The Morgan fingerprint density at radius 3 is 2.85 bits per heavy atom. The number of rotatable bonds is 5. The second kappa shape index (κ2) is 8.20. The Morgan fingerprint density at radius 2 is 2.00 bits per heavy atom. The molecule has 0 amide bonds. The van der Waals surface area contributed by atoms with Crippen LogP contribution in [0.3, 0.4) is 0 Å². The van der Waals surface area contributed by atoms with Gasteiger partial charge in [0.15, 0.2) is 11.6 Å². The Hall–Kier alpha value is -2.89. The van der Waals surface area contributed by atoms with Crippen molar-refractivity contribution >= 4 is 11.6 Å². The molecule has 0 bridgehead atoms. The van der Waals surface area contributed by atoms with E-state index in [1.165, 1.54) is 12.0 Å². The van der Waals surface area contributed by atoms with E-state index in [1.54, 1.807) is 0 Å². The van der Waals surface area contributed by atoms with Crippen LogP contribution in [-0.2, 0) is 6.42 Å². The van der Waals surface area contributed by atoms with Crippen LogP contribution in [-0.4, -0.2) is 52.1 Å². The van der Waals surface area contributed by atoms with Gasteiger partial charge in [0.2, 0.25) is 0 Å². The number of nitrogens with zero attached hydrogens (tertiary/aromatic N) is 5. The minimum absolute atomic E-state index is 0.590. The monoisotopic (exact) mass is 362 g/mol. The van der Waals surface area contributed by atoms with E-state index in [0.717, 1.165) is 49.9 Å². The van der Waals surface area contributed by atoms with Gasteiger partial charge in [-0.2, -0.15) is 0 Å². The number of aromatic nitrogens is 3. The highest BCUT2D eigenvalue weighted by molar-refractivity contribution is 5.80. The third-order valence-electron chi connectivity index (χ3n) is 5.22. The largest absolute Gasteiger partial charge is 0.356 e. The van der Waals surface area contributed by atoms with Crippen LogP contribution >= 0.6 is 0 Å². The van der Waals surface area contributed by atoms with Gasteiger partial charge < -0.3 is 10.2 Å². The van der Waals surface area contributed by atoms with Crippen LogP contribution in [0.15, 0.2) is 59.7 Å². The number of hydrogen-bond acceptors (Lipinski definition) is 3. The zero-order valence-corrected chi connectivity index (χ0v) is 15.8. The summed E-state index contributed by atoms with van der Waals surface area (Å²) in [5.41, 5.74) is 2.33. The van der Waals surface area contributed by atoms with Gasteiger partial charge in [-0.3, -0.25) is 9.39 Å². The number of benzene rings is 1.